The lowest BCUT2D eigenvalue weighted by Crippen LogP contribution is -2.28. The SMILES string of the molecule is CC(C)(C)OC(=O)n1ncc(C#N)c1N. The van der Waals surface area contributed by atoms with Crippen molar-refractivity contribution in [1.29, 1.82) is 5.26 Å². The fourth-order valence-corrected chi connectivity index (χ4v) is 0.895. The van der Waals surface area contributed by atoms with Gasteiger partial charge in [0.05, 0.1) is 6.20 Å². The Bertz CT molecular complexity index is 422. The molecule has 1 heterocycles. The van der Waals surface area contributed by atoms with Gasteiger partial charge in [0.2, 0.25) is 0 Å². The van der Waals surface area contributed by atoms with Crippen molar-refractivity contribution in [3.63, 3.8) is 0 Å². The van der Waals surface area contributed by atoms with Crippen molar-refractivity contribution in [2.75, 3.05) is 5.73 Å². The zero-order valence-electron chi connectivity index (χ0n) is 8.81. The molecule has 15 heavy (non-hydrogen) atoms. The molecule has 0 saturated carbocycles. The molecule has 0 atom stereocenters. The van der Waals surface area contributed by atoms with Crippen LogP contribution >= 0.6 is 0 Å². The molecule has 0 unspecified atom stereocenters. The number of aromatic nitrogens is 2. The van der Waals surface area contributed by atoms with E-state index >= 15 is 0 Å². The number of nitrogens with zero attached hydrogens (tertiary/aromatic N) is 3. The number of ether oxygens (including phenoxy) is 1. The van der Waals surface area contributed by atoms with Gasteiger partial charge in [-0.15, -0.1) is 4.68 Å². The van der Waals surface area contributed by atoms with Crippen LogP contribution in [-0.4, -0.2) is 21.5 Å². The number of carbonyl (C=O) groups is 1. The molecule has 1 aromatic heterocycles. The molecule has 0 radical (unpaired) electrons. The Morgan fingerprint density at radius 2 is 2.27 bits per heavy atom. The van der Waals surface area contributed by atoms with E-state index in [9.17, 15) is 4.79 Å². The summed E-state index contributed by atoms with van der Waals surface area (Å²) in [6.45, 7) is 5.20. The normalized spacial score (nSPS) is 10.8. The highest BCUT2D eigenvalue weighted by Gasteiger charge is 2.21. The third-order valence-electron chi connectivity index (χ3n) is 1.49. The van der Waals surface area contributed by atoms with Crippen LogP contribution in [0.25, 0.3) is 0 Å². The summed E-state index contributed by atoms with van der Waals surface area (Å²) in [4.78, 5) is 11.5. The first-order valence-electron chi connectivity index (χ1n) is 4.32. The maximum Gasteiger partial charge on any atom is 0.437 e. The number of carbonyl (C=O) groups excluding carboxylic acids is 1. The van der Waals surface area contributed by atoms with Gasteiger partial charge in [-0.3, -0.25) is 0 Å². The smallest absolute Gasteiger partial charge is 0.437 e. The van der Waals surface area contributed by atoms with Gasteiger partial charge in [-0.25, -0.2) is 4.79 Å². The van der Waals surface area contributed by atoms with Crippen molar-refractivity contribution < 1.29 is 9.53 Å². The fraction of sp³-hybridized carbons (Fsp3) is 0.444. The van der Waals surface area contributed by atoms with Gasteiger partial charge in [-0.1, -0.05) is 0 Å². The highest BCUT2D eigenvalue weighted by atomic mass is 16.6. The maximum atomic E-state index is 11.5. The van der Waals surface area contributed by atoms with E-state index in [1.54, 1.807) is 20.8 Å². The van der Waals surface area contributed by atoms with Crippen LogP contribution in [0.5, 0.6) is 0 Å². The van der Waals surface area contributed by atoms with Crippen molar-refractivity contribution in [3.8, 4) is 6.07 Å². The van der Waals surface area contributed by atoms with E-state index in [2.05, 4.69) is 5.10 Å². The molecular weight excluding hydrogens is 196 g/mol. The molecule has 6 nitrogen and oxygen atoms in total. The van der Waals surface area contributed by atoms with Crippen molar-refractivity contribution in [2.45, 2.75) is 26.4 Å². The summed E-state index contributed by atoms with van der Waals surface area (Å²) >= 11 is 0. The van der Waals surface area contributed by atoms with Gasteiger partial charge in [-0.05, 0) is 20.8 Å². The van der Waals surface area contributed by atoms with Crippen LogP contribution in [-0.2, 0) is 4.74 Å². The van der Waals surface area contributed by atoms with Crippen molar-refractivity contribution >= 4 is 11.9 Å². The van der Waals surface area contributed by atoms with Crippen molar-refractivity contribution in [3.05, 3.63) is 11.8 Å². The van der Waals surface area contributed by atoms with Gasteiger partial charge in [0.25, 0.3) is 0 Å². The average molecular weight is 208 g/mol. The summed E-state index contributed by atoms with van der Waals surface area (Å²) in [5.74, 6) is -0.00764. The molecule has 0 aliphatic heterocycles. The molecular formula is C9H12N4O2. The van der Waals surface area contributed by atoms with E-state index in [1.807, 2.05) is 6.07 Å². The minimum absolute atomic E-state index is 0.00764. The summed E-state index contributed by atoms with van der Waals surface area (Å²) < 4.78 is 5.90. The predicted molar refractivity (Wildman–Crippen MR) is 53.0 cm³/mol. The number of nitriles is 1. The number of rotatable bonds is 0. The Labute approximate surface area is 87.2 Å². The van der Waals surface area contributed by atoms with E-state index in [-0.39, 0.29) is 11.4 Å². The Hall–Kier alpha value is -2.03. The van der Waals surface area contributed by atoms with Crippen LogP contribution in [0.2, 0.25) is 0 Å². The fourth-order valence-electron chi connectivity index (χ4n) is 0.895. The highest BCUT2D eigenvalue weighted by molar-refractivity contribution is 5.75. The summed E-state index contributed by atoms with van der Waals surface area (Å²) in [5.41, 5.74) is 5.04. The summed E-state index contributed by atoms with van der Waals surface area (Å²) in [7, 11) is 0. The molecule has 0 fully saturated rings. The van der Waals surface area contributed by atoms with E-state index < -0.39 is 11.7 Å². The van der Waals surface area contributed by atoms with Crippen LogP contribution in [0.1, 0.15) is 26.3 Å². The quantitative estimate of drug-likeness (QED) is 0.689. The molecule has 1 rings (SSSR count). The van der Waals surface area contributed by atoms with Gasteiger partial charge in [0.1, 0.15) is 17.2 Å². The Kier molecular flexibility index (Phi) is 2.66. The number of nitrogens with two attached hydrogens (primary N) is 1. The Morgan fingerprint density at radius 3 is 2.67 bits per heavy atom. The van der Waals surface area contributed by atoms with E-state index in [1.165, 1.54) is 6.20 Å². The molecule has 0 spiro atoms. The van der Waals surface area contributed by atoms with Crippen LogP contribution in [0, 0.1) is 11.3 Å². The van der Waals surface area contributed by atoms with Gasteiger partial charge >= 0.3 is 6.09 Å². The van der Waals surface area contributed by atoms with Crippen LogP contribution in [0.15, 0.2) is 6.20 Å². The van der Waals surface area contributed by atoms with E-state index in [0.29, 0.717) is 0 Å². The third-order valence-corrected chi connectivity index (χ3v) is 1.49. The molecule has 2 N–H and O–H groups in total. The second kappa shape index (κ2) is 3.61. The van der Waals surface area contributed by atoms with Crippen molar-refractivity contribution in [1.82, 2.24) is 9.78 Å². The third kappa shape index (κ3) is 2.47. The largest absolute Gasteiger partial charge is 0.442 e. The topological polar surface area (TPSA) is 93.9 Å². The molecule has 0 bridgehead atoms. The summed E-state index contributed by atoms with van der Waals surface area (Å²) in [6, 6.07) is 1.82. The second-order valence-electron chi connectivity index (χ2n) is 3.95. The lowest BCUT2D eigenvalue weighted by molar-refractivity contribution is 0.0519. The zero-order chi connectivity index (χ0) is 11.6. The lowest BCUT2D eigenvalue weighted by Gasteiger charge is -2.19. The second-order valence-corrected chi connectivity index (χ2v) is 3.95. The van der Waals surface area contributed by atoms with Gasteiger partial charge in [-0.2, -0.15) is 10.4 Å². The Morgan fingerprint density at radius 1 is 1.67 bits per heavy atom. The maximum absolute atomic E-state index is 11.5. The van der Waals surface area contributed by atoms with Gasteiger partial charge < -0.3 is 10.5 Å². The summed E-state index contributed by atoms with van der Waals surface area (Å²) in [6.07, 6.45) is 0.528. The first-order chi connectivity index (χ1) is 6.85. The molecule has 0 amide bonds. The molecule has 0 aromatic carbocycles. The number of nitrogen functional groups attached to an aromatic ring is 1. The number of hydrogen-bond donors (Lipinski definition) is 1. The predicted octanol–water partition coefficient (Wildman–Crippen LogP) is 1.12. The minimum atomic E-state index is -0.693. The molecule has 0 aliphatic carbocycles. The highest BCUT2D eigenvalue weighted by Crippen LogP contribution is 2.13. The lowest BCUT2D eigenvalue weighted by atomic mass is 10.2. The number of hydrogen-bond acceptors (Lipinski definition) is 5. The standard InChI is InChI=1S/C9H12N4O2/c1-9(2,3)15-8(14)13-7(11)6(4-10)5-12-13/h5H,11H2,1-3H3. The Balaban J connectivity index is 2.94. The zero-order valence-corrected chi connectivity index (χ0v) is 8.81. The van der Waals surface area contributed by atoms with Crippen molar-refractivity contribution in [2.24, 2.45) is 0 Å². The molecule has 0 aliphatic rings. The van der Waals surface area contributed by atoms with Crippen LogP contribution in [0.3, 0.4) is 0 Å². The van der Waals surface area contributed by atoms with Gasteiger partial charge in [0, 0.05) is 0 Å². The molecule has 0 saturated heterocycles. The van der Waals surface area contributed by atoms with Gasteiger partial charge in [0.15, 0.2) is 5.82 Å². The first kappa shape index (κ1) is 11.0. The van der Waals surface area contributed by atoms with E-state index in [0.717, 1.165) is 4.68 Å². The monoisotopic (exact) mass is 208 g/mol. The van der Waals surface area contributed by atoms with E-state index in [4.69, 9.17) is 15.7 Å². The first-order valence-corrected chi connectivity index (χ1v) is 4.32. The molecule has 80 valence electrons. The minimum Gasteiger partial charge on any atom is -0.442 e. The van der Waals surface area contributed by atoms with Crippen LogP contribution in [0.4, 0.5) is 10.6 Å². The molecule has 1 aromatic rings. The molecule has 6 heteroatoms. The van der Waals surface area contributed by atoms with Crippen LogP contribution < -0.4 is 5.73 Å². The summed E-state index contributed by atoms with van der Waals surface area (Å²) in [5, 5.41) is 12.3. The number of anilines is 1. The average Bonchev–Trinajstić information content (AvgIpc) is 2.43.